The molecule has 7 heterocycles. The average molecular weight is 1760 g/mol. The predicted octanol–water partition coefficient (Wildman–Crippen LogP) is 9.36. The van der Waals surface area contributed by atoms with Crippen LogP contribution in [0.3, 0.4) is 0 Å². The van der Waals surface area contributed by atoms with Gasteiger partial charge in [-0.2, -0.15) is 0 Å². The van der Waals surface area contributed by atoms with E-state index >= 15 is 0 Å². The van der Waals surface area contributed by atoms with Crippen molar-refractivity contribution in [2.24, 2.45) is 4.99 Å². The van der Waals surface area contributed by atoms with Gasteiger partial charge < -0.3 is 83.3 Å². The summed E-state index contributed by atoms with van der Waals surface area (Å²) in [4.78, 5) is 106. The second-order valence-electron chi connectivity index (χ2n) is 28.7. The Morgan fingerprint density at radius 3 is 1.28 bits per heavy atom. The third-order valence-electron chi connectivity index (χ3n) is 20.1. The van der Waals surface area contributed by atoms with Gasteiger partial charge in [-0.3, -0.25) is 29.2 Å². The lowest BCUT2D eigenvalue weighted by molar-refractivity contribution is -0.118. The maximum Gasteiger partial charge on any atom is 0.354 e. The first-order valence-electron chi connectivity index (χ1n) is 41.5. The third kappa shape index (κ3) is 34.2. The maximum atomic E-state index is 13.8. The number of aliphatic imine (C=N–C) groups is 1. The highest BCUT2D eigenvalue weighted by atomic mass is 32.1. The number of aromatic carboxylic acids is 4. The van der Waals surface area contributed by atoms with Crippen molar-refractivity contribution in [2.75, 3.05) is 209 Å². The van der Waals surface area contributed by atoms with Gasteiger partial charge in [0.25, 0.3) is 5.91 Å². The number of nitrogens with one attached hydrogen (secondary N) is 2. The van der Waals surface area contributed by atoms with E-state index in [-0.39, 0.29) is 62.4 Å². The van der Waals surface area contributed by atoms with Gasteiger partial charge in [0, 0.05) is 122 Å². The van der Waals surface area contributed by atoms with Gasteiger partial charge in [0.05, 0.1) is 191 Å². The molecule has 0 saturated carbocycles. The van der Waals surface area contributed by atoms with E-state index in [1.807, 2.05) is 91.0 Å². The molecular formula is C94H114N12O20S+2. The fourth-order valence-corrected chi connectivity index (χ4v) is 13.8. The molecule has 33 heteroatoms. The van der Waals surface area contributed by atoms with Crippen molar-refractivity contribution in [3.05, 3.63) is 276 Å². The topological polar surface area (TPSA) is 380 Å². The Morgan fingerprint density at radius 1 is 0.441 bits per heavy atom. The minimum atomic E-state index is -1.15. The number of amides is 2. The van der Waals surface area contributed by atoms with Gasteiger partial charge in [0.2, 0.25) is 5.91 Å². The van der Waals surface area contributed by atoms with Crippen molar-refractivity contribution in [1.82, 2.24) is 50.2 Å². The molecule has 11 rings (SSSR count). The Bertz CT molecular complexity index is 4840. The molecule has 4 aromatic heterocycles. The summed E-state index contributed by atoms with van der Waals surface area (Å²) in [7, 11) is 0. The van der Waals surface area contributed by atoms with Crippen LogP contribution in [0.5, 0.6) is 0 Å². The molecule has 0 radical (unpaired) electrons. The standard InChI is InChI=1S/C51H54N6O10.C41H54N6O10S.2CH3/c58-47(57-35-41-9-2-1-7-37(41)15-16-38-8-3-4-14-46(38)57)21-22-52-49(59)40-19-17-39(18-20-40)48(43-11-6-13-45(54-43)51(62)63)56-25-29-66-33-31-64-27-23-55(24-28-65-32-34-67-30-26-56)36-42-10-5-12-44(53-42)50(60)61;1-32(43-13-19-53-25-24-52-18-12-42-31-58)33-8-10-34(11-9-33)39(36-5-3-7-38(45-36)41(50)51)47-16-22-56-28-26-54-20-14-46(15-21-55-27-29-57-23-17-47)30-35-4-2-6-37(44-35)40(48)49;;/h1-14,17-20,48H,21-36H2,(H,52,59)(H,60,61)(H,62,63);2-11,39,43H,1,12-30H2,(H,48,49)(H,50,51);2*1H3/q;;2*+1. The molecule has 32 nitrogen and oxygen atoms in total. The molecule has 2 fully saturated rings. The number of carbonyl (C=O) groups excluding carboxylic acids is 2. The zero-order valence-electron chi connectivity index (χ0n) is 72.0. The van der Waals surface area contributed by atoms with E-state index in [1.54, 1.807) is 59.5 Å². The lowest BCUT2D eigenvalue weighted by atomic mass is 9.98. The Kier molecular flexibility index (Phi) is 44.8. The number of thiocarbonyl (C=S) groups is 1. The molecule has 0 aliphatic carbocycles. The normalized spacial score (nSPS) is 16.0. The van der Waals surface area contributed by atoms with Crippen LogP contribution >= 0.6 is 12.2 Å². The SMILES string of the molecule is C=C(NCCOCCOCCN=C=S)c1ccc(C(c2cccc(C(=O)O)n2)N2CCOCCOCCN(Cc3cccc(C(=O)O)n3)CCOCCOCC2)cc1.O=C(NCCC(=O)N1Cc2ccccc2C#Cc2ccccc21)c1ccc(C(c2cccc(C(=O)O)n2)N2CCOCCOCCN(Cc3cccc(C(=O)O)n3)CCOCCOCC2)cc1.[CH3+].[CH3+]. The number of benzene rings is 4. The predicted molar refractivity (Wildman–Crippen MR) is 480 cm³/mol. The van der Waals surface area contributed by atoms with E-state index in [9.17, 15) is 49.2 Å². The molecule has 2 atom stereocenters. The van der Waals surface area contributed by atoms with Gasteiger partial charge in [0.15, 0.2) is 0 Å². The lowest BCUT2D eigenvalue weighted by Gasteiger charge is -2.32. The van der Waals surface area contributed by atoms with Crippen LogP contribution in [0.4, 0.5) is 5.69 Å². The summed E-state index contributed by atoms with van der Waals surface area (Å²) in [6.07, 6.45) is 0.0717. The molecule has 2 amide bonds. The molecule has 3 aliphatic rings. The van der Waals surface area contributed by atoms with Crippen molar-refractivity contribution in [1.29, 1.82) is 0 Å². The smallest absolute Gasteiger partial charge is 0.354 e. The van der Waals surface area contributed by atoms with Gasteiger partial charge >= 0.3 is 23.9 Å². The van der Waals surface area contributed by atoms with Crippen molar-refractivity contribution in [3.8, 4) is 11.8 Å². The largest absolute Gasteiger partial charge is 0.477 e. The van der Waals surface area contributed by atoms with Gasteiger partial charge in [-0.1, -0.05) is 109 Å². The van der Waals surface area contributed by atoms with Crippen molar-refractivity contribution in [2.45, 2.75) is 38.1 Å². The van der Waals surface area contributed by atoms with Crippen LogP contribution in [-0.2, 0) is 71.8 Å². The van der Waals surface area contributed by atoms with E-state index < -0.39 is 36.0 Å². The van der Waals surface area contributed by atoms with Crippen LogP contribution in [0.2, 0.25) is 0 Å². The summed E-state index contributed by atoms with van der Waals surface area (Å²) in [6.45, 7) is 18.7. The highest BCUT2D eigenvalue weighted by Gasteiger charge is 2.29. The number of nitrogens with zero attached hydrogens (tertiary/aromatic N) is 10. The monoisotopic (exact) mass is 1760 g/mol. The second kappa shape index (κ2) is 56.5. The van der Waals surface area contributed by atoms with E-state index in [2.05, 4.69) is 91.0 Å². The van der Waals surface area contributed by atoms with E-state index in [4.69, 9.17) is 47.4 Å². The van der Waals surface area contributed by atoms with E-state index in [0.717, 1.165) is 44.8 Å². The Hall–Kier alpha value is -11.6. The number of carbonyl (C=O) groups is 6. The molecule has 127 heavy (non-hydrogen) atoms. The number of para-hydroxylation sites is 1. The number of aromatic nitrogens is 4. The zero-order chi connectivity index (χ0) is 88.0. The van der Waals surface area contributed by atoms with Crippen LogP contribution < -0.4 is 15.5 Å². The zero-order valence-corrected chi connectivity index (χ0v) is 72.8. The Labute approximate surface area is 747 Å². The Balaban J connectivity index is 0.000000313. The molecule has 8 aromatic rings. The van der Waals surface area contributed by atoms with Crippen LogP contribution in [0.25, 0.3) is 5.70 Å². The highest BCUT2D eigenvalue weighted by Crippen LogP contribution is 2.32. The fraction of sp³-hybridized carbons (Fsp3) is 0.394. The molecule has 2 saturated heterocycles. The first kappa shape index (κ1) is 101. The molecule has 0 spiro atoms. The van der Waals surface area contributed by atoms with Gasteiger partial charge in [-0.25, -0.2) is 44.1 Å². The number of carboxylic acid groups (broad SMARTS) is 4. The van der Waals surface area contributed by atoms with Crippen molar-refractivity contribution < 1.29 is 96.6 Å². The number of hydrogen-bond donors (Lipinski definition) is 6. The average Bonchev–Trinajstić information content (AvgIpc) is 0.819. The molecule has 2 unspecified atom stereocenters. The van der Waals surface area contributed by atoms with Gasteiger partial charge in [-0.05, 0) is 113 Å². The number of hydrogen-bond acceptors (Lipinski definition) is 27. The first-order chi connectivity index (χ1) is 61.1. The molecule has 0 bridgehead atoms. The molecule has 4 aromatic carbocycles. The summed E-state index contributed by atoms with van der Waals surface area (Å²) in [6, 6.07) is 49.2. The van der Waals surface area contributed by atoms with Gasteiger partial charge in [-0.15, -0.1) is 0 Å². The van der Waals surface area contributed by atoms with E-state index in [0.29, 0.717) is 246 Å². The highest BCUT2D eigenvalue weighted by molar-refractivity contribution is 7.78. The number of anilines is 1. The number of isothiocyanates is 1. The molecule has 674 valence electrons. The number of ether oxygens (including phenoxy) is 10. The van der Waals surface area contributed by atoms with Crippen LogP contribution in [0.15, 0.2) is 181 Å². The van der Waals surface area contributed by atoms with Crippen LogP contribution in [0, 0.1) is 26.7 Å². The molecular weight excluding hydrogens is 1650 g/mol. The summed E-state index contributed by atoms with van der Waals surface area (Å²) in [5, 5.41) is 46.9. The van der Waals surface area contributed by atoms with Crippen molar-refractivity contribution >= 4 is 64.5 Å². The number of carboxylic acids is 4. The number of rotatable bonds is 29. The van der Waals surface area contributed by atoms with Crippen molar-refractivity contribution in [3.63, 3.8) is 0 Å². The first-order valence-corrected chi connectivity index (χ1v) is 41.9. The second-order valence-corrected chi connectivity index (χ2v) is 28.9. The Morgan fingerprint density at radius 2 is 0.835 bits per heavy atom. The minimum absolute atomic E-state index is 0. The molecule has 3 aliphatic heterocycles. The third-order valence-corrected chi connectivity index (χ3v) is 20.2. The van der Waals surface area contributed by atoms with Crippen LogP contribution in [0.1, 0.15) is 127 Å². The van der Waals surface area contributed by atoms with Gasteiger partial charge in [0.1, 0.15) is 22.8 Å². The summed E-state index contributed by atoms with van der Waals surface area (Å²) >= 11 is 4.54. The fourth-order valence-electron chi connectivity index (χ4n) is 13.7. The number of pyridine rings is 4. The summed E-state index contributed by atoms with van der Waals surface area (Å²) in [5.41, 5.74) is 9.22. The maximum absolute atomic E-state index is 13.8. The lowest BCUT2D eigenvalue weighted by Crippen LogP contribution is -2.37. The quantitative estimate of drug-likeness (QED) is 0.00835. The van der Waals surface area contributed by atoms with Crippen LogP contribution in [-0.4, -0.2) is 305 Å². The summed E-state index contributed by atoms with van der Waals surface area (Å²) < 4.78 is 58.8. The number of fused-ring (bicyclic) bond motifs is 2. The minimum Gasteiger partial charge on any atom is -0.477 e. The summed E-state index contributed by atoms with van der Waals surface area (Å²) in [5.74, 6) is 1.54. The van der Waals surface area contributed by atoms with E-state index in [1.165, 1.54) is 24.3 Å². The molecule has 6 N–H and O–H groups in total.